The van der Waals surface area contributed by atoms with Crippen LogP contribution in [0.4, 0.5) is 0 Å². The molecule has 5 nitrogen and oxygen atoms in total. The van der Waals surface area contributed by atoms with Gasteiger partial charge in [0, 0.05) is 5.56 Å². The first-order chi connectivity index (χ1) is 12.9. The van der Waals surface area contributed by atoms with Gasteiger partial charge in [0.15, 0.2) is 9.84 Å². The van der Waals surface area contributed by atoms with Crippen LogP contribution in [-0.4, -0.2) is 47.7 Å². The highest BCUT2D eigenvalue weighted by Gasteiger charge is 2.42. The van der Waals surface area contributed by atoms with E-state index in [1.807, 2.05) is 24.3 Å². The van der Waals surface area contributed by atoms with Crippen LogP contribution in [0.3, 0.4) is 0 Å². The third-order valence-corrected chi connectivity index (χ3v) is 7.69. The SMILES string of the molecule is CCCCCOc1ccccc1/C=C1\SC(=S)N([C@H]2CCS(=O)(=O)C2)C1=O. The van der Waals surface area contributed by atoms with Gasteiger partial charge in [0.25, 0.3) is 5.91 Å². The fourth-order valence-electron chi connectivity index (χ4n) is 3.18. The lowest BCUT2D eigenvalue weighted by Crippen LogP contribution is -2.39. The zero-order valence-electron chi connectivity index (χ0n) is 15.2. The minimum Gasteiger partial charge on any atom is -0.493 e. The molecule has 1 aromatic rings. The summed E-state index contributed by atoms with van der Waals surface area (Å²) < 4.78 is 29.8. The lowest BCUT2D eigenvalue weighted by molar-refractivity contribution is -0.123. The number of para-hydroxylation sites is 1. The van der Waals surface area contributed by atoms with E-state index in [4.69, 9.17) is 17.0 Å². The van der Waals surface area contributed by atoms with E-state index < -0.39 is 9.84 Å². The van der Waals surface area contributed by atoms with E-state index in [1.54, 1.807) is 6.08 Å². The molecular weight excluding hydrogens is 402 g/mol. The van der Waals surface area contributed by atoms with Gasteiger partial charge in [-0.05, 0) is 25.0 Å². The quantitative estimate of drug-likeness (QED) is 0.378. The van der Waals surface area contributed by atoms with Crippen molar-refractivity contribution in [3.05, 3.63) is 34.7 Å². The van der Waals surface area contributed by atoms with Crippen LogP contribution in [0.2, 0.25) is 0 Å². The van der Waals surface area contributed by atoms with E-state index in [0.717, 1.165) is 30.6 Å². The summed E-state index contributed by atoms with van der Waals surface area (Å²) in [4.78, 5) is 14.8. The smallest absolute Gasteiger partial charge is 0.266 e. The molecule has 2 saturated heterocycles. The summed E-state index contributed by atoms with van der Waals surface area (Å²) >= 11 is 6.58. The molecule has 0 radical (unpaired) electrons. The average molecular weight is 426 g/mol. The van der Waals surface area contributed by atoms with Crippen LogP contribution in [0, 0.1) is 0 Å². The van der Waals surface area contributed by atoms with Crippen molar-refractivity contribution < 1.29 is 17.9 Å². The lowest BCUT2D eigenvalue weighted by Gasteiger charge is -2.20. The van der Waals surface area contributed by atoms with Crippen molar-refractivity contribution in [2.45, 2.75) is 38.6 Å². The van der Waals surface area contributed by atoms with Crippen molar-refractivity contribution in [2.75, 3.05) is 18.1 Å². The van der Waals surface area contributed by atoms with Crippen LogP contribution in [0.1, 0.15) is 38.2 Å². The molecule has 0 bridgehead atoms. The lowest BCUT2D eigenvalue weighted by atomic mass is 10.1. The Morgan fingerprint density at radius 3 is 2.81 bits per heavy atom. The second kappa shape index (κ2) is 8.75. The van der Waals surface area contributed by atoms with E-state index in [-0.39, 0.29) is 23.5 Å². The van der Waals surface area contributed by atoms with Gasteiger partial charge in [-0.15, -0.1) is 0 Å². The number of benzene rings is 1. The van der Waals surface area contributed by atoms with Gasteiger partial charge >= 0.3 is 0 Å². The monoisotopic (exact) mass is 425 g/mol. The number of sulfone groups is 1. The van der Waals surface area contributed by atoms with Gasteiger partial charge in [-0.25, -0.2) is 8.42 Å². The van der Waals surface area contributed by atoms with Gasteiger partial charge in [-0.3, -0.25) is 9.69 Å². The standard InChI is InChI=1S/C19H23NO4S3/c1-2-3-6-10-24-16-8-5-4-7-14(16)12-17-18(21)20(19(25)26-17)15-9-11-27(22,23)13-15/h4-5,7-8,12,15H,2-3,6,9-11,13H2,1H3/b17-12-/t15-/m0/s1. The summed E-state index contributed by atoms with van der Waals surface area (Å²) in [5.74, 6) is 0.627. The van der Waals surface area contributed by atoms with Gasteiger partial charge < -0.3 is 4.74 Å². The molecule has 1 atom stereocenters. The Hall–Kier alpha value is -1.38. The molecule has 2 fully saturated rings. The normalized spacial score (nSPS) is 23.4. The molecule has 2 aliphatic heterocycles. The third-order valence-electron chi connectivity index (χ3n) is 4.61. The minimum absolute atomic E-state index is 0.0101. The Morgan fingerprint density at radius 1 is 1.33 bits per heavy atom. The predicted molar refractivity (Wildman–Crippen MR) is 114 cm³/mol. The molecule has 2 aliphatic rings. The maximum atomic E-state index is 12.8. The van der Waals surface area contributed by atoms with Crippen LogP contribution >= 0.6 is 24.0 Å². The fraction of sp³-hybridized carbons (Fsp3) is 0.474. The van der Waals surface area contributed by atoms with E-state index >= 15 is 0 Å². The number of thiocarbonyl (C=S) groups is 1. The Bertz CT molecular complexity index is 863. The highest BCUT2D eigenvalue weighted by molar-refractivity contribution is 8.26. The van der Waals surface area contributed by atoms with Crippen molar-refractivity contribution in [2.24, 2.45) is 0 Å². The first kappa shape index (κ1) is 20.4. The molecule has 8 heteroatoms. The number of carbonyl (C=O) groups excluding carboxylic acids is 1. The van der Waals surface area contributed by atoms with Crippen LogP contribution in [0.5, 0.6) is 5.75 Å². The highest BCUT2D eigenvalue weighted by atomic mass is 32.2. The van der Waals surface area contributed by atoms with E-state index in [9.17, 15) is 13.2 Å². The van der Waals surface area contributed by atoms with Gasteiger partial charge in [-0.1, -0.05) is 61.9 Å². The molecule has 0 N–H and O–H groups in total. The second-order valence-electron chi connectivity index (χ2n) is 6.70. The number of unbranched alkanes of at least 4 members (excludes halogenated alkanes) is 2. The zero-order chi connectivity index (χ0) is 19.4. The summed E-state index contributed by atoms with van der Waals surface area (Å²) in [6, 6.07) is 7.24. The Kier molecular flexibility index (Phi) is 6.60. The molecule has 27 heavy (non-hydrogen) atoms. The second-order valence-corrected chi connectivity index (χ2v) is 10.6. The minimum atomic E-state index is -3.08. The molecule has 3 rings (SSSR count). The zero-order valence-corrected chi connectivity index (χ0v) is 17.7. The van der Waals surface area contributed by atoms with Crippen molar-refractivity contribution in [3.8, 4) is 5.75 Å². The molecule has 1 aromatic carbocycles. The number of hydrogen-bond acceptors (Lipinski definition) is 6. The van der Waals surface area contributed by atoms with E-state index in [0.29, 0.717) is 22.3 Å². The summed E-state index contributed by atoms with van der Waals surface area (Å²) in [7, 11) is -3.08. The molecule has 0 spiro atoms. The van der Waals surface area contributed by atoms with Crippen molar-refractivity contribution in [1.82, 2.24) is 4.90 Å². The molecule has 0 saturated carbocycles. The molecule has 146 valence electrons. The summed E-state index contributed by atoms with van der Waals surface area (Å²) in [5.41, 5.74) is 0.827. The van der Waals surface area contributed by atoms with E-state index in [1.165, 1.54) is 16.7 Å². The molecule has 2 heterocycles. The average Bonchev–Trinajstić information content (AvgIpc) is 3.11. The van der Waals surface area contributed by atoms with Gasteiger partial charge in [0.05, 0.1) is 29.1 Å². The Labute approximate surface area is 170 Å². The number of thioether (sulfide) groups is 1. The first-order valence-corrected chi connectivity index (χ1v) is 12.1. The number of ether oxygens (including phenoxy) is 1. The first-order valence-electron chi connectivity index (χ1n) is 9.10. The Balaban J connectivity index is 1.76. The molecule has 0 aliphatic carbocycles. The number of hydrogen-bond donors (Lipinski definition) is 0. The Morgan fingerprint density at radius 2 is 2.11 bits per heavy atom. The number of nitrogens with zero attached hydrogens (tertiary/aromatic N) is 1. The van der Waals surface area contributed by atoms with Crippen LogP contribution in [0.15, 0.2) is 29.2 Å². The summed E-state index contributed by atoms with van der Waals surface area (Å²) in [6.45, 7) is 2.78. The maximum Gasteiger partial charge on any atom is 0.266 e. The fourth-order valence-corrected chi connectivity index (χ4v) is 6.27. The van der Waals surface area contributed by atoms with Gasteiger partial charge in [0.2, 0.25) is 0 Å². The predicted octanol–water partition coefficient (Wildman–Crippen LogP) is 3.64. The summed E-state index contributed by atoms with van der Waals surface area (Å²) in [5, 5.41) is 0. The largest absolute Gasteiger partial charge is 0.493 e. The number of carbonyl (C=O) groups is 1. The molecular formula is C19H23NO4S3. The van der Waals surface area contributed by atoms with Crippen LogP contribution in [-0.2, 0) is 14.6 Å². The van der Waals surface area contributed by atoms with E-state index in [2.05, 4.69) is 6.92 Å². The third kappa shape index (κ3) is 4.92. The molecule has 0 unspecified atom stereocenters. The van der Waals surface area contributed by atoms with Gasteiger partial charge in [0.1, 0.15) is 10.1 Å². The van der Waals surface area contributed by atoms with Gasteiger partial charge in [-0.2, -0.15) is 0 Å². The van der Waals surface area contributed by atoms with Crippen molar-refractivity contribution >= 4 is 50.1 Å². The number of rotatable bonds is 7. The topological polar surface area (TPSA) is 63.7 Å². The highest BCUT2D eigenvalue weighted by Crippen LogP contribution is 2.37. The number of amides is 1. The van der Waals surface area contributed by atoms with Crippen LogP contribution in [0.25, 0.3) is 6.08 Å². The summed E-state index contributed by atoms with van der Waals surface area (Å²) in [6.07, 6.45) is 5.47. The molecule has 1 amide bonds. The maximum absolute atomic E-state index is 12.8. The van der Waals surface area contributed by atoms with Crippen LogP contribution < -0.4 is 4.74 Å². The van der Waals surface area contributed by atoms with Crippen molar-refractivity contribution in [3.63, 3.8) is 0 Å². The molecule has 0 aromatic heterocycles. The van der Waals surface area contributed by atoms with Crippen molar-refractivity contribution in [1.29, 1.82) is 0 Å².